The summed E-state index contributed by atoms with van der Waals surface area (Å²) < 4.78 is 6.70. The van der Waals surface area contributed by atoms with Gasteiger partial charge in [0.1, 0.15) is 0 Å². The van der Waals surface area contributed by atoms with E-state index in [0.29, 0.717) is 15.7 Å². The Kier molecular flexibility index (Phi) is 4.22. The molecule has 4 nitrogen and oxygen atoms in total. The second kappa shape index (κ2) is 6.14. The van der Waals surface area contributed by atoms with Crippen molar-refractivity contribution in [2.45, 2.75) is 6.92 Å². The van der Waals surface area contributed by atoms with Crippen LogP contribution in [0, 0.1) is 6.92 Å². The second-order valence-electron chi connectivity index (χ2n) is 4.73. The van der Waals surface area contributed by atoms with Crippen molar-refractivity contribution < 1.29 is 4.42 Å². The Morgan fingerprint density at radius 1 is 1.00 bits per heavy atom. The van der Waals surface area contributed by atoms with Crippen LogP contribution >= 0.6 is 31.9 Å². The zero-order chi connectivity index (χ0) is 15.7. The summed E-state index contributed by atoms with van der Waals surface area (Å²) in [6.45, 7) is 1.88. The molecule has 1 heterocycles. The molecular formula is C16H10Br2N2O2. The van der Waals surface area contributed by atoms with Crippen LogP contribution in [-0.2, 0) is 0 Å². The molecule has 0 aliphatic rings. The standard InChI is InChI=1S/C16H10Br2N2O2/c1-9-8-22-16-13(9)6-12(7-14(18)15(16)21)20-19-11-4-2-10(17)3-5-11/h2-8H,1H3. The van der Waals surface area contributed by atoms with Gasteiger partial charge in [-0.3, -0.25) is 4.79 Å². The first kappa shape index (κ1) is 15.1. The molecule has 0 N–H and O–H groups in total. The Bertz CT molecular complexity index is 931. The number of furan rings is 1. The Morgan fingerprint density at radius 2 is 1.68 bits per heavy atom. The highest BCUT2D eigenvalue weighted by Gasteiger charge is 2.09. The third-order valence-corrected chi connectivity index (χ3v) is 4.24. The highest BCUT2D eigenvalue weighted by molar-refractivity contribution is 9.10. The van der Waals surface area contributed by atoms with Gasteiger partial charge < -0.3 is 4.42 Å². The summed E-state index contributed by atoms with van der Waals surface area (Å²) in [4.78, 5) is 12.2. The Balaban J connectivity index is 2.11. The number of benzene rings is 1. The van der Waals surface area contributed by atoms with E-state index in [9.17, 15) is 4.79 Å². The van der Waals surface area contributed by atoms with Crippen molar-refractivity contribution in [2.24, 2.45) is 10.2 Å². The smallest absolute Gasteiger partial charge is 0.235 e. The van der Waals surface area contributed by atoms with E-state index in [2.05, 4.69) is 42.1 Å². The average Bonchev–Trinajstić information content (AvgIpc) is 2.80. The molecule has 0 unspecified atom stereocenters. The fourth-order valence-corrected chi connectivity index (χ4v) is 2.66. The molecule has 0 radical (unpaired) electrons. The van der Waals surface area contributed by atoms with Gasteiger partial charge in [0, 0.05) is 9.86 Å². The van der Waals surface area contributed by atoms with Gasteiger partial charge in [-0.2, -0.15) is 10.2 Å². The quantitative estimate of drug-likeness (QED) is 0.473. The molecule has 0 aliphatic carbocycles. The van der Waals surface area contributed by atoms with E-state index >= 15 is 0 Å². The fraction of sp³-hybridized carbons (Fsp3) is 0.0625. The number of aryl methyl sites for hydroxylation is 1. The van der Waals surface area contributed by atoms with Gasteiger partial charge in [-0.05, 0) is 64.8 Å². The van der Waals surface area contributed by atoms with Crippen molar-refractivity contribution in [3.63, 3.8) is 0 Å². The van der Waals surface area contributed by atoms with Gasteiger partial charge in [-0.15, -0.1) is 0 Å². The van der Waals surface area contributed by atoms with Crippen LogP contribution in [0.5, 0.6) is 0 Å². The predicted molar refractivity (Wildman–Crippen MR) is 93.2 cm³/mol. The van der Waals surface area contributed by atoms with Gasteiger partial charge >= 0.3 is 0 Å². The summed E-state index contributed by atoms with van der Waals surface area (Å²) in [7, 11) is 0. The van der Waals surface area contributed by atoms with Crippen molar-refractivity contribution >= 4 is 54.2 Å². The highest BCUT2D eigenvalue weighted by atomic mass is 79.9. The first-order valence-electron chi connectivity index (χ1n) is 6.43. The molecular weight excluding hydrogens is 412 g/mol. The van der Waals surface area contributed by atoms with Gasteiger partial charge in [-0.1, -0.05) is 15.9 Å². The molecule has 3 rings (SSSR count). The van der Waals surface area contributed by atoms with Crippen molar-refractivity contribution in [3.05, 3.63) is 67.4 Å². The summed E-state index contributed by atoms with van der Waals surface area (Å²) in [6, 6.07) is 10.9. The number of hydrogen-bond donors (Lipinski definition) is 0. The average molecular weight is 422 g/mol. The molecule has 0 spiro atoms. The van der Waals surface area contributed by atoms with Gasteiger partial charge in [0.15, 0.2) is 5.58 Å². The normalized spacial score (nSPS) is 11.4. The van der Waals surface area contributed by atoms with E-state index in [1.165, 1.54) is 0 Å². The van der Waals surface area contributed by atoms with Gasteiger partial charge in [-0.25, -0.2) is 0 Å². The second-order valence-corrected chi connectivity index (χ2v) is 6.50. The zero-order valence-electron chi connectivity index (χ0n) is 11.5. The molecule has 6 heteroatoms. The van der Waals surface area contributed by atoms with E-state index < -0.39 is 0 Å². The van der Waals surface area contributed by atoms with Crippen LogP contribution in [0.25, 0.3) is 11.0 Å². The third kappa shape index (κ3) is 3.03. The van der Waals surface area contributed by atoms with Gasteiger partial charge in [0.25, 0.3) is 0 Å². The van der Waals surface area contributed by atoms with Crippen molar-refractivity contribution in [2.75, 3.05) is 0 Å². The lowest BCUT2D eigenvalue weighted by Gasteiger charge is -1.92. The van der Waals surface area contributed by atoms with Crippen molar-refractivity contribution in [1.82, 2.24) is 0 Å². The van der Waals surface area contributed by atoms with E-state index in [1.807, 2.05) is 31.2 Å². The lowest BCUT2D eigenvalue weighted by atomic mass is 10.2. The van der Waals surface area contributed by atoms with Crippen LogP contribution in [0.2, 0.25) is 0 Å². The van der Waals surface area contributed by atoms with E-state index in [4.69, 9.17) is 4.42 Å². The monoisotopic (exact) mass is 420 g/mol. The number of fused-ring (bicyclic) bond motifs is 1. The van der Waals surface area contributed by atoms with Crippen LogP contribution in [0.1, 0.15) is 5.56 Å². The Labute approximate surface area is 143 Å². The summed E-state index contributed by atoms with van der Waals surface area (Å²) in [5.41, 5.74) is 2.30. The minimum Gasteiger partial charge on any atom is -0.460 e. The molecule has 0 aliphatic heterocycles. The van der Waals surface area contributed by atoms with E-state index in [0.717, 1.165) is 21.1 Å². The topological polar surface area (TPSA) is 54.9 Å². The van der Waals surface area contributed by atoms with Crippen LogP contribution in [0.15, 0.2) is 71.0 Å². The lowest BCUT2D eigenvalue weighted by molar-refractivity contribution is 0.610. The molecule has 110 valence electrons. The number of azo groups is 1. The van der Waals surface area contributed by atoms with E-state index in [-0.39, 0.29) is 5.43 Å². The van der Waals surface area contributed by atoms with Crippen molar-refractivity contribution in [1.29, 1.82) is 0 Å². The largest absolute Gasteiger partial charge is 0.460 e. The molecule has 1 aromatic heterocycles. The summed E-state index contributed by atoms with van der Waals surface area (Å²) in [5, 5.41) is 9.14. The molecule has 0 atom stereocenters. The zero-order valence-corrected chi connectivity index (χ0v) is 14.7. The summed E-state index contributed by atoms with van der Waals surface area (Å²) in [6.07, 6.45) is 1.56. The molecule has 2 aromatic carbocycles. The minimum absolute atomic E-state index is 0.201. The maximum Gasteiger partial charge on any atom is 0.235 e. The maximum atomic E-state index is 12.2. The van der Waals surface area contributed by atoms with Crippen molar-refractivity contribution in [3.8, 4) is 0 Å². The summed E-state index contributed by atoms with van der Waals surface area (Å²) in [5.74, 6) is 0. The SMILES string of the molecule is Cc1coc2c(=O)c(Br)cc(N=Nc3ccc(Br)cc3)cc12. The lowest BCUT2D eigenvalue weighted by Crippen LogP contribution is -1.96. The molecule has 22 heavy (non-hydrogen) atoms. The molecule has 3 aromatic rings. The molecule has 0 saturated heterocycles. The minimum atomic E-state index is -0.201. The van der Waals surface area contributed by atoms with Crippen LogP contribution in [0.3, 0.4) is 0 Å². The maximum absolute atomic E-state index is 12.2. The number of rotatable bonds is 2. The molecule has 0 fully saturated rings. The molecule has 0 bridgehead atoms. The Morgan fingerprint density at radius 3 is 2.41 bits per heavy atom. The highest BCUT2D eigenvalue weighted by Crippen LogP contribution is 2.26. The van der Waals surface area contributed by atoms with E-state index in [1.54, 1.807) is 18.4 Å². The third-order valence-electron chi connectivity index (χ3n) is 3.12. The van der Waals surface area contributed by atoms with Crippen LogP contribution in [0.4, 0.5) is 11.4 Å². The Hall–Kier alpha value is -1.79. The van der Waals surface area contributed by atoms with Gasteiger partial charge in [0.05, 0.1) is 22.1 Å². The first-order chi connectivity index (χ1) is 10.5. The first-order valence-corrected chi connectivity index (χ1v) is 8.02. The number of halogens is 2. The van der Waals surface area contributed by atoms with Crippen LogP contribution < -0.4 is 5.43 Å². The molecule has 0 saturated carbocycles. The predicted octanol–water partition coefficient (Wildman–Crippen LogP) is 6.04. The summed E-state index contributed by atoms with van der Waals surface area (Å²) >= 11 is 6.63. The molecule has 0 amide bonds. The van der Waals surface area contributed by atoms with Crippen LogP contribution in [-0.4, -0.2) is 0 Å². The number of hydrogen-bond acceptors (Lipinski definition) is 4. The fourth-order valence-electron chi connectivity index (χ4n) is 1.98. The number of nitrogens with zero attached hydrogens (tertiary/aromatic N) is 2. The van der Waals surface area contributed by atoms with Gasteiger partial charge in [0.2, 0.25) is 5.43 Å².